The number of ether oxygens (including phenoxy) is 2. The Morgan fingerprint density at radius 1 is 0.686 bits per heavy atom. The maximum absolute atomic E-state index is 6.27. The molecule has 0 saturated heterocycles. The van der Waals surface area contributed by atoms with Gasteiger partial charge in [0.1, 0.15) is 17.6 Å². The topological polar surface area (TPSA) is 30.5 Å². The third kappa shape index (κ3) is 5.58. The van der Waals surface area contributed by atoms with Crippen LogP contribution in [0.1, 0.15) is 18.1 Å². The van der Waals surface area contributed by atoms with Gasteiger partial charge in [-0.25, -0.2) is 0 Å². The molecule has 0 saturated carbocycles. The molecular formula is C32H31NO2. The molecule has 0 fully saturated rings. The number of hydrogen-bond acceptors (Lipinski definition) is 3. The molecule has 0 amide bonds. The zero-order chi connectivity index (χ0) is 24.0. The molecule has 0 bridgehead atoms. The molecule has 176 valence electrons. The van der Waals surface area contributed by atoms with Gasteiger partial charge in [-0.05, 0) is 65.2 Å². The lowest BCUT2D eigenvalue weighted by Gasteiger charge is -2.19. The van der Waals surface area contributed by atoms with Crippen LogP contribution < -0.4 is 14.8 Å². The largest absolute Gasteiger partial charge is 0.493 e. The van der Waals surface area contributed by atoms with Crippen molar-refractivity contribution in [2.24, 2.45) is 0 Å². The van der Waals surface area contributed by atoms with Crippen molar-refractivity contribution in [3.63, 3.8) is 0 Å². The smallest absolute Gasteiger partial charge is 0.126 e. The highest BCUT2D eigenvalue weighted by molar-refractivity contribution is 5.85. The zero-order valence-corrected chi connectivity index (χ0v) is 20.3. The molecule has 0 aliphatic heterocycles. The predicted octanol–water partition coefficient (Wildman–Crippen LogP) is 7.80. The number of hydrogen-bond donors (Lipinski definition) is 1. The van der Waals surface area contributed by atoms with Gasteiger partial charge in [-0.1, -0.05) is 78.9 Å². The number of fused-ring (bicyclic) bond motifs is 2. The van der Waals surface area contributed by atoms with Crippen molar-refractivity contribution in [3.05, 3.63) is 114 Å². The summed E-state index contributed by atoms with van der Waals surface area (Å²) < 4.78 is 12.4. The summed E-state index contributed by atoms with van der Waals surface area (Å²) in [5.74, 6) is 1.74. The molecule has 0 aromatic heterocycles. The van der Waals surface area contributed by atoms with Crippen molar-refractivity contribution in [2.75, 3.05) is 18.5 Å². The summed E-state index contributed by atoms with van der Waals surface area (Å²) in [4.78, 5) is 0. The Hall–Kier alpha value is -3.98. The van der Waals surface area contributed by atoms with E-state index in [1.54, 1.807) is 0 Å². The highest BCUT2D eigenvalue weighted by atomic mass is 16.5. The van der Waals surface area contributed by atoms with Crippen LogP contribution in [0.15, 0.2) is 103 Å². The Morgan fingerprint density at radius 2 is 1.34 bits per heavy atom. The van der Waals surface area contributed by atoms with Gasteiger partial charge in [0, 0.05) is 17.7 Å². The van der Waals surface area contributed by atoms with E-state index < -0.39 is 0 Å². The van der Waals surface area contributed by atoms with Gasteiger partial charge in [0.05, 0.1) is 13.2 Å². The molecule has 3 nitrogen and oxygen atoms in total. The van der Waals surface area contributed by atoms with Crippen molar-refractivity contribution in [2.45, 2.75) is 26.4 Å². The predicted molar refractivity (Wildman–Crippen MR) is 147 cm³/mol. The molecule has 3 heteroatoms. The maximum Gasteiger partial charge on any atom is 0.126 e. The van der Waals surface area contributed by atoms with Gasteiger partial charge in [0.25, 0.3) is 0 Å². The second kappa shape index (κ2) is 10.5. The van der Waals surface area contributed by atoms with Crippen LogP contribution in [0.25, 0.3) is 21.5 Å². The van der Waals surface area contributed by atoms with Gasteiger partial charge in [0.2, 0.25) is 0 Å². The average molecular weight is 462 g/mol. The quantitative estimate of drug-likeness (QED) is 0.243. The highest BCUT2D eigenvalue weighted by Gasteiger charge is 2.11. The van der Waals surface area contributed by atoms with Crippen molar-refractivity contribution in [1.82, 2.24) is 0 Å². The van der Waals surface area contributed by atoms with E-state index in [0.717, 1.165) is 29.2 Å². The summed E-state index contributed by atoms with van der Waals surface area (Å²) in [5, 5.41) is 8.51. The molecule has 5 aromatic carbocycles. The summed E-state index contributed by atoms with van der Waals surface area (Å²) in [5.41, 5.74) is 3.41. The minimum Gasteiger partial charge on any atom is -0.493 e. The zero-order valence-electron chi connectivity index (χ0n) is 20.3. The Labute approximate surface area is 207 Å². The van der Waals surface area contributed by atoms with Crippen molar-refractivity contribution in [3.8, 4) is 11.5 Å². The first-order valence-electron chi connectivity index (χ1n) is 12.3. The number of benzene rings is 5. The molecule has 5 aromatic rings. The van der Waals surface area contributed by atoms with E-state index in [2.05, 4.69) is 104 Å². The van der Waals surface area contributed by atoms with E-state index >= 15 is 0 Å². The fourth-order valence-corrected chi connectivity index (χ4v) is 4.37. The first-order valence-corrected chi connectivity index (χ1v) is 12.3. The standard InChI is InChI=1S/C32H31NO2/c1-23(22-33-30-17-16-27-9-4-6-11-29(27)21-30)35-32-13-7-12-31(24(32)2)34-19-18-25-14-15-26-8-3-5-10-28(26)20-25/h3-17,20-21,23,33H,18-19,22H2,1-2H3. The van der Waals surface area contributed by atoms with Crippen LogP contribution >= 0.6 is 0 Å². The van der Waals surface area contributed by atoms with Gasteiger partial charge < -0.3 is 14.8 Å². The summed E-state index contributed by atoms with van der Waals surface area (Å²) in [6, 6.07) is 35.9. The van der Waals surface area contributed by atoms with Gasteiger partial charge in [0.15, 0.2) is 0 Å². The summed E-state index contributed by atoms with van der Waals surface area (Å²) in [7, 11) is 0. The molecule has 35 heavy (non-hydrogen) atoms. The molecule has 0 aliphatic carbocycles. The monoisotopic (exact) mass is 461 g/mol. The number of rotatable bonds is 9. The van der Waals surface area contributed by atoms with Gasteiger partial charge in [-0.2, -0.15) is 0 Å². The van der Waals surface area contributed by atoms with E-state index in [9.17, 15) is 0 Å². The molecular weight excluding hydrogens is 430 g/mol. The maximum atomic E-state index is 6.27. The Bertz CT molecular complexity index is 1440. The Kier molecular flexibility index (Phi) is 6.85. The third-order valence-electron chi connectivity index (χ3n) is 6.37. The van der Waals surface area contributed by atoms with Gasteiger partial charge in [-0.3, -0.25) is 0 Å². The normalized spacial score (nSPS) is 11.9. The van der Waals surface area contributed by atoms with Gasteiger partial charge in [-0.15, -0.1) is 0 Å². The lowest BCUT2D eigenvalue weighted by molar-refractivity contribution is 0.230. The van der Waals surface area contributed by atoms with Gasteiger partial charge >= 0.3 is 0 Å². The average Bonchev–Trinajstić information content (AvgIpc) is 2.89. The van der Waals surface area contributed by atoms with Crippen LogP contribution in [0.3, 0.4) is 0 Å². The lowest BCUT2D eigenvalue weighted by Crippen LogP contribution is -2.23. The third-order valence-corrected chi connectivity index (χ3v) is 6.37. The lowest BCUT2D eigenvalue weighted by atomic mass is 10.1. The van der Waals surface area contributed by atoms with Crippen LogP contribution in [0.4, 0.5) is 5.69 Å². The first kappa shape index (κ1) is 22.8. The van der Waals surface area contributed by atoms with Crippen molar-refractivity contribution >= 4 is 27.2 Å². The number of nitrogens with one attached hydrogen (secondary N) is 1. The molecule has 1 atom stereocenters. The minimum absolute atomic E-state index is 0.00743. The van der Waals surface area contributed by atoms with Crippen LogP contribution in [0, 0.1) is 6.92 Å². The molecule has 0 radical (unpaired) electrons. The molecule has 0 heterocycles. The second-order valence-electron chi connectivity index (χ2n) is 9.03. The molecule has 1 unspecified atom stereocenters. The molecule has 0 aliphatic rings. The second-order valence-corrected chi connectivity index (χ2v) is 9.03. The van der Waals surface area contributed by atoms with Crippen LogP contribution in [0.5, 0.6) is 11.5 Å². The summed E-state index contributed by atoms with van der Waals surface area (Å²) >= 11 is 0. The fraction of sp³-hybridized carbons (Fsp3) is 0.188. The molecule has 1 N–H and O–H groups in total. The molecule has 5 rings (SSSR count). The van der Waals surface area contributed by atoms with E-state index in [1.165, 1.54) is 27.1 Å². The van der Waals surface area contributed by atoms with Crippen LogP contribution in [0.2, 0.25) is 0 Å². The summed E-state index contributed by atoms with van der Waals surface area (Å²) in [6.45, 7) is 5.48. The van der Waals surface area contributed by atoms with E-state index in [-0.39, 0.29) is 6.10 Å². The van der Waals surface area contributed by atoms with Crippen molar-refractivity contribution in [1.29, 1.82) is 0 Å². The fourth-order valence-electron chi connectivity index (χ4n) is 4.37. The van der Waals surface area contributed by atoms with E-state index in [4.69, 9.17) is 9.47 Å². The Morgan fingerprint density at radius 3 is 2.11 bits per heavy atom. The van der Waals surface area contributed by atoms with Crippen molar-refractivity contribution < 1.29 is 9.47 Å². The van der Waals surface area contributed by atoms with Crippen LogP contribution in [-0.4, -0.2) is 19.3 Å². The first-order chi connectivity index (χ1) is 17.2. The van der Waals surface area contributed by atoms with Crippen LogP contribution in [-0.2, 0) is 6.42 Å². The van der Waals surface area contributed by atoms with E-state index in [0.29, 0.717) is 13.2 Å². The summed E-state index contributed by atoms with van der Waals surface area (Å²) in [6.07, 6.45) is 0.870. The number of anilines is 1. The Balaban J connectivity index is 1.16. The molecule has 0 spiro atoms. The minimum atomic E-state index is 0.00743. The SMILES string of the molecule is Cc1c(OCCc2ccc3ccccc3c2)cccc1OC(C)CNc1ccc2ccccc2c1. The van der Waals surface area contributed by atoms with E-state index in [1.807, 2.05) is 18.2 Å². The highest BCUT2D eigenvalue weighted by Crippen LogP contribution is 2.29.